The Morgan fingerprint density at radius 2 is 1.42 bits per heavy atom. The molecule has 0 aromatic rings. The third kappa shape index (κ3) is 5.04. The molecule has 1 unspecified atom stereocenters. The molecule has 0 amide bonds. The van der Waals surface area contributed by atoms with Crippen LogP contribution in [0.5, 0.6) is 0 Å². The summed E-state index contributed by atoms with van der Waals surface area (Å²) < 4.78 is 5.73. The van der Waals surface area contributed by atoms with E-state index in [1.54, 1.807) is 7.11 Å². The number of methoxy groups -OCH3 is 1. The molecule has 0 aliphatic rings. The number of rotatable bonds is 2. The Bertz CT molecular complexity index is 130. The minimum Gasteiger partial charge on any atom is -0.370 e. The van der Waals surface area contributed by atoms with Crippen molar-refractivity contribution in [2.75, 3.05) is 7.11 Å². The van der Waals surface area contributed by atoms with Gasteiger partial charge in [0.2, 0.25) is 0 Å². The second-order valence-electron chi connectivity index (χ2n) is 5.16. The molecule has 0 radical (unpaired) electrons. The molecule has 0 saturated carbocycles. The van der Waals surface area contributed by atoms with Crippen molar-refractivity contribution in [3.8, 4) is 0 Å². The van der Waals surface area contributed by atoms with E-state index in [9.17, 15) is 0 Å². The quantitative estimate of drug-likeness (QED) is 0.616. The van der Waals surface area contributed by atoms with Gasteiger partial charge < -0.3 is 4.74 Å². The molecule has 0 aromatic heterocycles. The van der Waals surface area contributed by atoms with Crippen LogP contribution < -0.4 is 0 Å². The maximum absolute atomic E-state index is 5.45. The minimum atomic E-state index is 0.215. The molecule has 0 saturated heterocycles. The van der Waals surface area contributed by atoms with Crippen LogP contribution in [-0.2, 0) is 4.74 Å². The standard InChI is InChI=1S/C10H22OS/c1-9(2,3)8(11-7)12-10(4,5)6/h8H,1-7H3. The maximum atomic E-state index is 5.45. The van der Waals surface area contributed by atoms with E-state index in [1.807, 2.05) is 11.8 Å². The predicted octanol–water partition coefficient (Wildman–Crippen LogP) is 3.54. The second kappa shape index (κ2) is 4.01. The van der Waals surface area contributed by atoms with Crippen molar-refractivity contribution in [1.29, 1.82) is 0 Å². The Morgan fingerprint density at radius 3 is 1.50 bits per heavy atom. The second-order valence-corrected chi connectivity index (χ2v) is 7.05. The van der Waals surface area contributed by atoms with Gasteiger partial charge in [-0.3, -0.25) is 0 Å². The molecule has 12 heavy (non-hydrogen) atoms. The van der Waals surface area contributed by atoms with Crippen molar-refractivity contribution in [2.45, 2.75) is 51.7 Å². The van der Waals surface area contributed by atoms with E-state index in [1.165, 1.54) is 0 Å². The van der Waals surface area contributed by atoms with Crippen LogP contribution in [0.2, 0.25) is 0 Å². The van der Waals surface area contributed by atoms with Crippen molar-refractivity contribution in [3.05, 3.63) is 0 Å². The summed E-state index contributed by atoms with van der Waals surface area (Å²) in [6, 6.07) is 0. The van der Waals surface area contributed by atoms with Crippen LogP contribution in [0, 0.1) is 5.41 Å². The topological polar surface area (TPSA) is 9.23 Å². The van der Waals surface area contributed by atoms with E-state index in [0.717, 1.165) is 0 Å². The fourth-order valence-electron chi connectivity index (χ4n) is 0.900. The summed E-state index contributed by atoms with van der Waals surface area (Å²) in [4.78, 5) is 0. The third-order valence-electron chi connectivity index (χ3n) is 1.38. The van der Waals surface area contributed by atoms with Crippen LogP contribution in [-0.4, -0.2) is 17.3 Å². The molecule has 0 fully saturated rings. The number of hydrogen-bond acceptors (Lipinski definition) is 2. The average molecular weight is 190 g/mol. The molecular weight excluding hydrogens is 168 g/mol. The van der Waals surface area contributed by atoms with E-state index in [2.05, 4.69) is 41.5 Å². The average Bonchev–Trinajstić information content (AvgIpc) is 1.78. The van der Waals surface area contributed by atoms with Crippen molar-refractivity contribution < 1.29 is 4.74 Å². The molecule has 0 N–H and O–H groups in total. The van der Waals surface area contributed by atoms with Crippen molar-refractivity contribution in [1.82, 2.24) is 0 Å². The SMILES string of the molecule is COC(SC(C)(C)C)C(C)(C)C. The summed E-state index contributed by atoms with van der Waals surface area (Å²) in [5, 5.41) is 0. The van der Waals surface area contributed by atoms with Crippen LogP contribution in [0.25, 0.3) is 0 Å². The zero-order chi connectivity index (χ0) is 9.99. The third-order valence-corrected chi connectivity index (χ3v) is 3.20. The first-order valence-electron chi connectivity index (χ1n) is 4.37. The first kappa shape index (κ1) is 12.3. The van der Waals surface area contributed by atoms with Gasteiger partial charge in [-0.15, -0.1) is 11.8 Å². The molecule has 0 aliphatic heterocycles. The minimum absolute atomic E-state index is 0.215. The lowest BCUT2D eigenvalue weighted by molar-refractivity contribution is 0.0851. The molecule has 0 aliphatic carbocycles. The van der Waals surface area contributed by atoms with E-state index >= 15 is 0 Å². The normalized spacial score (nSPS) is 16.2. The van der Waals surface area contributed by atoms with Gasteiger partial charge in [-0.1, -0.05) is 41.5 Å². The van der Waals surface area contributed by atoms with Gasteiger partial charge in [0.05, 0.1) is 0 Å². The van der Waals surface area contributed by atoms with Crippen LogP contribution >= 0.6 is 11.8 Å². The lowest BCUT2D eigenvalue weighted by atomic mass is 9.98. The fourth-order valence-corrected chi connectivity index (χ4v) is 1.99. The van der Waals surface area contributed by atoms with Crippen LogP contribution in [0.3, 0.4) is 0 Å². The summed E-state index contributed by atoms with van der Waals surface area (Å²) in [7, 11) is 1.79. The summed E-state index contributed by atoms with van der Waals surface area (Å²) in [5.74, 6) is 0. The zero-order valence-corrected chi connectivity index (χ0v) is 10.2. The van der Waals surface area contributed by atoms with Crippen LogP contribution in [0.15, 0.2) is 0 Å². The van der Waals surface area contributed by atoms with Gasteiger partial charge in [0.25, 0.3) is 0 Å². The summed E-state index contributed by atoms with van der Waals surface area (Å²) in [5.41, 5.74) is 0.490. The molecule has 74 valence electrons. The van der Waals surface area contributed by atoms with E-state index in [0.29, 0.717) is 0 Å². The first-order valence-corrected chi connectivity index (χ1v) is 5.25. The van der Waals surface area contributed by atoms with Gasteiger partial charge in [-0.2, -0.15) is 0 Å². The first-order chi connectivity index (χ1) is 5.17. The van der Waals surface area contributed by atoms with Gasteiger partial charge in [0, 0.05) is 11.9 Å². The molecule has 0 aromatic carbocycles. The summed E-state index contributed by atoms with van der Waals surface area (Å²) >= 11 is 1.89. The highest BCUT2D eigenvalue weighted by molar-refractivity contribution is 8.01. The molecule has 1 nitrogen and oxygen atoms in total. The van der Waals surface area contributed by atoms with E-state index in [4.69, 9.17) is 4.74 Å². The van der Waals surface area contributed by atoms with Gasteiger partial charge in [-0.05, 0) is 5.41 Å². The van der Waals surface area contributed by atoms with Crippen LogP contribution in [0.4, 0.5) is 0 Å². The molecule has 0 spiro atoms. The van der Waals surface area contributed by atoms with Crippen molar-refractivity contribution in [2.24, 2.45) is 5.41 Å². The van der Waals surface area contributed by atoms with Crippen molar-refractivity contribution in [3.63, 3.8) is 0 Å². The smallest absolute Gasteiger partial charge is 0.108 e. The van der Waals surface area contributed by atoms with Gasteiger partial charge in [0.15, 0.2) is 0 Å². The highest BCUT2D eigenvalue weighted by Crippen LogP contribution is 2.38. The van der Waals surface area contributed by atoms with E-state index in [-0.39, 0.29) is 15.6 Å². The highest BCUT2D eigenvalue weighted by atomic mass is 32.2. The Morgan fingerprint density at radius 1 is 1.00 bits per heavy atom. The molecule has 0 heterocycles. The van der Waals surface area contributed by atoms with Gasteiger partial charge >= 0.3 is 0 Å². The molecule has 0 bridgehead atoms. The predicted molar refractivity (Wildman–Crippen MR) is 57.6 cm³/mol. The Balaban J connectivity index is 4.20. The molecule has 1 atom stereocenters. The number of hydrogen-bond donors (Lipinski definition) is 0. The van der Waals surface area contributed by atoms with Crippen molar-refractivity contribution >= 4 is 11.8 Å². The lowest BCUT2D eigenvalue weighted by Gasteiger charge is -2.33. The number of ether oxygens (including phenoxy) is 1. The fraction of sp³-hybridized carbons (Fsp3) is 1.00. The van der Waals surface area contributed by atoms with Gasteiger partial charge in [-0.25, -0.2) is 0 Å². The lowest BCUT2D eigenvalue weighted by Crippen LogP contribution is -2.29. The summed E-state index contributed by atoms with van der Waals surface area (Å²) in [6.07, 6.45) is 0. The largest absolute Gasteiger partial charge is 0.370 e. The Labute approximate surface area is 81.3 Å². The maximum Gasteiger partial charge on any atom is 0.108 e. The zero-order valence-electron chi connectivity index (χ0n) is 9.39. The Hall–Kier alpha value is 0.310. The monoisotopic (exact) mass is 190 g/mol. The van der Waals surface area contributed by atoms with Gasteiger partial charge in [0.1, 0.15) is 5.44 Å². The molecular formula is C10H22OS. The molecule has 0 rings (SSSR count). The molecule has 2 heteroatoms. The summed E-state index contributed by atoms with van der Waals surface area (Å²) in [6.45, 7) is 13.3. The van der Waals surface area contributed by atoms with Crippen LogP contribution in [0.1, 0.15) is 41.5 Å². The number of thioether (sulfide) groups is 1. The van der Waals surface area contributed by atoms with E-state index < -0.39 is 0 Å². The Kier molecular flexibility index (Phi) is 4.12. The highest BCUT2D eigenvalue weighted by Gasteiger charge is 2.29.